The molecule has 0 aliphatic carbocycles. The van der Waals surface area contributed by atoms with E-state index >= 15 is 0 Å². The number of hydrazone groups is 1. The first-order valence-electron chi connectivity index (χ1n) is 6.80. The largest absolute Gasteiger partial charge is 0.507 e. The molecule has 0 atom stereocenters. The lowest BCUT2D eigenvalue weighted by atomic mass is 10.2. The highest BCUT2D eigenvalue weighted by molar-refractivity contribution is 9.10. The van der Waals surface area contributed by atoms with Gasteiger partial charge in [0, 0.05) is 5.69 Å². The van der Waals surface area contributed by atoms with Crippen molar-refractivity contribution in [1.82, 2.24) is 5.43 Å². The van der Waals surface area contributed by atoms with Gasteiger partial charge in [-0.25, -0.2) is 9.82 Å². The Labute approximate surface area is 145 Å². The average Bonchev–Trinajstić information content (AvgIpc) is 2.53. The topological polar surface area (TPSA) is 90.8 Å². The minimum atomic E-state index is -0.594. The fraction of sp³-hybridized carbons (Fsp3) is 0.0625. The van der Waals surface area contributed by atoms with Crippen LogP contribution >= 0.6 is 15.9 Å². The second kappa shape index (κ2) is 8.21. The van der Waals surface area contributed by atoms with Crippen LogP contribution in [-0.2, 0) is 9.59 Å². The summed E-state index contributed by atoms with van der Waals surface area (Å²) in [5.41, 5.74) is 3.27. The van der Waals surface area contributed by atoms with Crippen LogP contribution in [0.15, 0.2) is 52.0 Å². The van der Waals surface area contributed by atoms with E-state index in [2.05, 4.69) is 31.8 Å². The number of nitrogens with one attached hydrogen (secondary N) is 2. The van der Waals surface area contributed by atoms with Gasteiger partial charge in [0.05, 0.1) is 10.7 Å². The Morgan fingerprint density at radius 3 is 2.54 bits per heavy atom. The fourth-order valence-corrected chi connectivity index (χ4v) is 2.10. The maximum atomic E-state index is 12.8. The SMILES string of the molecule is O=C(CC(=O)Nc1ccc(F)cc1)N/N=C/c1ccc(O)c(Br)c1. The van der Waals surface area contributed by atoms with E-state index in [0.717, 1.165) is 0 Å². The van der Waals surface area contributed by atoms with Crippen LogP contribution in [0.1, 0.15) is 12.0 Å². The lowest BCUT2D eigenvalue weighted by molar-refractivity contribution is -0.126. The summed E-state index contributed by atoms with van der Waals surface area (Å²) in [4.78, 5) is 23.3. The number of benzene rings is 2. The normalized spacial score (nSPS) is 10.6. The number of halogens is 2. The van der Waals surface area contributed by atoms with Gasteiger partial charge in [-0.2, -0.15) is 5.10 Å². The predicted molar refractivity (Wildman–Crippen MR) is 91.2 cm³/mol. The van der Waals surface area contributed by atoms with Gasteiger partial charge in [-0.15, -0.1) is 0 Å². The Bertz CT molecular complexity index is 779. The molecule has 0 spiro atoms. The molecule has 0 saturated carbocycles. The number of carbonyl (C=O) groups excluding carboxylic acids is 2. The number of anilines is 1. The van der Waals surface area contributed by atoms with Crippen LogP contribution in [0.3, 0.4) is 0 Å². The van der Waals surface area contributed by atoms with Crippen LogP contribution in [0.25, 0.3) is 0 Å². The third-order valence-corrected chi connectivity index (χ3v) is 3.46. The highest BCUT2D eigenvalue weighted by Crippen LogP contribution is 2.23. The van der Waals surface area contributed by atoms with Crippen molar-refractivity contribution < 1.29 is 19.1 Å². The number of amides is 2. The zero-order valence-electron chi connectivity index (χ0n) is 12.3. The van der Waals surface area contributed by atoms with Crippen molar-refractivity contribution in [3.05, 3.63) is 58.3 Å². The smallest absolute Gasteiger partial charge is 0.249 e. The van der Waals surface area contributed by atoms with E-state index in [-0.39, 0.29) is 5.75 Å². The van der Waals surface area contributed by atoms with Crippen LogP contribution < -0.4 is 10.7 Å². The third-order valence-electron chi connectivity index (χ3n) is 2.82. The summed E-state index contributed by atoms with van der Waals surface area (Å²) in [5, 5.41) is 15.6. The van der Waals surface area contributed by atoms with Gasteiger partial charge in [0.2, 0.25) is 11.8 Å². The zero-order chi connectivity index (χ0) is 17.5. The molecule has 0 fully saturated rings. The van der Waals surface area contributed by atoms with Crippen LogP contribution in [0.4, 0.5) is 10.1 Å². The average molecular weight is 394 g/mol. The fourth-order valence-electron chi connectivity index (χ4n) is 1.71. The van der Waals surface area contributed by atoms with E-state index in [4.69, 9.17) is 0 Å². The summed E-state index contributed by atoms with van der Waals surface area (Å²) in [6, 6.07) is 9.90. The van der Waals surface area contributed by atoms with Crippen LogP contribution in [0.2, 0.25) is 0 Å². The Morgan fingerprint density at radius 2 is 1.88 bits per heavy atom. The number of aromatic hydroxyl groups is 1. The first-order valence-corrected chi connectivity index (χ1v) is 7.59. The molecule has 24 heavy (non-hydrogen) atoms. The van der Waals surface area contributed by atoms with Gasteiger partial charge in [0.1, 0.15) is 18.0 Å². The van der Waals surface area contributed by atoms with E-state index in [0.29, 0.717) is 15.7 Å². The van der Waals surface area contributed by atoms with Gasteiger partial charge in [-0.3, -0.25) is 9.59 Å². The van der Waals surface area contributed by atoms with Gasteiger partial charge < -0.3 is 10.4 Å². The summed E-state index contributed by atoms with van der Waals surface area (Å²) < 4.78 is 13.2. The second-order valence-corrected chi connectivity index (χ2v) is 5.59. The Kier molecular flexibility index (Phi) is 6.02. The highest BCUT2D eigenvalue weighted by Gasteiger charge is 2.09. The molecule has 2 rings (SSSR count). The highest BCUT2D eigenvalue weighted by atomic mass is 79.9. The molecule has 2 amide bonds. The second-order valence-electron chi connectivity index (χ2n) is 4.74. The molecule has 0 heterocycles. The first-order chi connectivity index (χ1) is 11.4. The summed E-state index contributed by atoms with van der Waals surface area (Å²) >= 11 is 3.16. The van der Waals surface area contributed by atoms with E-state index in [1.165, 1.54) is 36.5 Å². The molecule has 0 bridgehead atoms. The summed E-state index contributed by atoms with van der Waals surface area (Å²) in [5.74, 6) is -1.46. The van der Waals surface area contributed by atoms with Gasteiger partial charge >= 0.3 is 0 Å². The maximum absolute atomic E-state index is 12.8. The molecule has 2 aromatic rings. The number of hydrogen-bond acceptors (Lipinski definition) is 4. The monoisotopic (exact) mass is 393 g/mol. The van der Waals surface area contributed by atoms with E-state index in [9.17, 15) is 19.1 Å². The molecular weight excluding hydrogens is 381 g/mol. The van der Waals surface area contributed by atoms with Gasteiger partial charge in [-0.05, 0) is 64.0 Å². The molecule has 0 radical (unpaired) electrons. The number of phenolic OH excluding ortho intramolecular Hbond substituents is 1. The Hall–Kier alpha value is -2.74. The molecule has 2 aromatic carbocycles. The molecule has 0 saturated heterocycles. The van der Waals surface area contributed by atoms with E-state index in [1.54, 1.807) is 12.1 Å². The minimum Gasteiger partial charge on any atom is -0.507 e. The first kappa shape index (κ1) is 17.6. The van der Waals surface area contributed by atoms with E-state index < -0.39 is 24.1 Å². The minimum absolute atomic E-state index is 0.0913. The van der Waals surface area contributed by atoms with E-state index in [1.807, 2.05) is 0 Å². The summed E-state index contributed by atoms with van der Waals surface area (Å²) in [6.07, 6.45) is 0.952. The Balaban J connectivity index is 1.81. The molecule has 0 aliphatic rings. The van der Waals surface area contributed by atoms with Crippen molar-refractivity contribution in [2.45, 2.75) is 6.42 Å². The number of hydrogen-bond donors (Lipinski definition) is 3. The number of rotatable bonds is 5. The van der Waals surface area contributed by atoms with Crippen molar-refractivity contribution in [2.24, 2.45) is 5.10 Å². The van der Waals surface area contributed by atoms with Crippen molar-refractivity contribution in [3.63, 3.8) is 0 Å². The molecule has 0 aromatic heterocycles. The van der Waals surface area contributed by atoms with Gasteiger partial charge in [0.25, 0.3) is 0 Å². The molecule has 0 unspecified atom stereocenters. The van der Waals surface area contributed by atoms with Gasteiger partial charge in [0.15, 0.2) is 0 Å². The molecule has 6 nitrogen and oxygen atoms in total. The predicted octanol–water partition coefficient (Wildman–Crippen LogP) is 2.77. The number of nitrogens with zero attached hydrogens (tertiary/aromatic N) is 1. The van der Waals surface area contributed by atoms with Gasteiger partial charge in [-0.1, -0.05) is 0 Å². The zero-order valence-corrected chi connectivity index (χ0v) is 13.9. The number of carbonyl (C=O) groups is 2. The maximum Gasteiger partial charge on any atom is 0.249 e. The van der Waals surface area contributed by atoms with Crippen molar-refractivity contribution in [1.29, 1.82) is 0 Å². The van der Waals surface area contributed by atoms with Crippen LogP contribution in [-0.4, -0.2) is 23.1 Å². The summed E-state index contributed by atoms with van der Waals surface area (Å²) in [6.45, 7) is 0. The standard InChI is InChI=1S/C16H13BrFN3O3/c17-13-7-10(1-6-14(13)22)9-19-21-16(24)8-15(23)20-12-4-2-11(18)3-5-12/h1-7,9,22H,8H2,(H,20,23)(H,21,24)/b19-9+. The quantitative estimate of drug-likeness (QED) is 0.414. The van der Waals surface area contributed by atoms with Crippen molar-refractivity contribution in [3.8, 4) is 5.75 Å². The molecule has 0 aliphatic heterocycles. The lowest BCUT2D eigenvalue weighted by Crippen LogP contribution is -2.24. The van der Waals surface area contributed by atoms with Crippen LogP contribution in [0.5, 0.6) is 5.75 Å². The summed E-state index contributed by atoms with van der Waals surface area (Å²) in [7, 11) is 0. The molecule has 8 heteroatoms. The third kappa shape index (κ3) is 5.47. The van der Waals surface area contributed by atoms with Crippen molar-refractivity contribution in [2.75, 3.05) is 5.32 Å². The van der Waals surface area contributed by atoms with Crippen LogP contribution in [0, 0.1) is 5.82 Å². The number of phenols is 1. The van der Waals surface area contributed by atoms with Crippen molar-refractivity contribution >= 4 is 39.6 Å². The lowest BCUT2D eigenvalue weighted by Gasteiger charge is -2.04. The Morgan fingerprint density at radius 1 is 1.17 bits per heavy atom. The molecule has 3 N–H and O–H groups in total. The molecular formula is C16H13BrFN3O3. The molecule has 124 valence electrons.